The van der Waals surface area contributed by atoms with Crippen molar-refractivity contribution in [3.05, 3.63) is 40.6 Å². The van der Waals surface area contributed by atoms with E-state index in [9.17, 15) is 9.59 Å². The lowest BCUT2D eigenvalue weighted by Crippen LogP contribution is -2.56. The van der Waals surface area contributed by atoms with Gasteiger partial charge in [-0.25, -0.2) is 0 Å². The van der Waals surface area contributed by atoms with E-state index in [-0.39, 0.29) is 17.7 Å². The first-order valence-electron chi connectivity index (χ1n) is 6.79. The van der Waals surface area contributed by atoms with Gasteiger partial charge >= 0.3 is 0 Å². The van der Waals surface area contributed by atoms with E-state index in [4.69, 9.17) is 0 Å². The van der Waals surface area contributed by atoms with Crippen LogP contribution >= 0.6 is 0 Å². The van der Waals surface area contributed by atoms with Gasteiger partial charge in [-0.2, -0.15) is 0 Å². The highest BCUT2D eigenvalue weighted by Crippen LogP contribution is 2.18. The number of nitrogens with one attached hydrogen (secondary N) is 2. The van der Waals surface area contributed by atoms with Crippen molar-refractivity contribution in [2.24, 2.45) is 5.92 Å². The molecular weight excluding hydrogens is 252 g/mol. The maximum absolute atomic E-state index is 12.1. The van der Waals surface area contributed by atoms with Gasteiger partial charge in [0.25, 0.3) is 5.91 Å². The van der Waals surface area contributed by atoms with Crippen molar-refractivity contribution < 1.29 is 9.59 Å². The van der Waals surface area contributed by atoms with Gasteiger partial charge in [-0.1, -0.05) is 32.0 Å². The smallest absolute Gasteiger partial charge is 0.268 e. The minimum absolute atomic E-state index is 0.0701. The molecule has 1 atom stereocenters. The molecular formula is C16H20N2O2. The van der Waals surface area contributed by atoms with Crippen molar-refractivity contribution in [2.75, 3.05) is 0 Å². The van der Waals surface area contributed by atoms with Crippen molar-refractivity contribution in [3.8, 4) is 0 Å². The Balaban J connectivity index is 2.33. The molecule has 0 saturated carbocycles. The maximum atomic E-state index is 12.1. The second kappa shape index (κ2) is 5.49. The molecule has 0 bridgehead atoms. The van der Waals surface area contributed by atoms with Crippen LogP contribution in [0.15, 0.2) is 23.9 Å². The summed E-state index contributed by atoms with van der Waals surface area (Å²) in [5, 5.41) is 5.47. The first-order chi connectivity index (χ1) is 9.40. The number of benzene rings is 1. The van der Waals surface area contributed by atoms with Crippen LogP contribution in [0.25, 0.3) is 6.08 Å². The summed E-state index contributed by atoms with van der Waals surface area (Å²) in [4.78, 5) is 24.1. The zero-order valence-electron chi connectivity index (χ0n) is 12.3. The molecule has 1 heterocycles. The van der Waals surface area contributed by atoms with Crippen LogP contribution in [0.1, 0.15) is 30.5 Å². The molecule has 1 fully saturated rings. The van der Waals surface area contributed by atoms with E-state index in [1.807, 2.05) is 45.9 Å². The lowest BCUT2D eigenvalue weighted by Gasteiger charge is -2.27. The zero-order valence-corrected chi connectivity index (χ0v) is 12.3. The second-order valence-corrected chi connectivity index (χ2v) is 5.55. The van der Waals surface area contributed by atoms with Crippen LogP contribution in [0.2, 0.25) is 0 Å². The number of carbonyl (C=O) groups is 2. The van der Waals surface area contributed by atoms with Gasteiger partial charge in [0.05, 0.1) is 0 Å². The molecule has 1 saturated heterocycles. The number of rotatable bonds is 2. The van der Waals surface area contributed by atoms with Crippen LogP contribution in [-0.4, -0.2) is 17.9 Å². The lowest BCUT2D eigenvalue weighted by atomic mass is 9.98. The summed E-state index contributed by atoms with van der Waals surface area (Å²) in [6, 6.07) is 5.48. The third-order valence-electron chi connectivity index (χ3n) is 3.57. The Hall–Kier alpha value is -2.10. The third-order valence-corrected chi connectivity index (χ3v) is 3.57. The van der Waals surface area contributed by atoms with Crippen LogP contribution < -0.4 is 10.6 Å². The quantitative estimate of drug-likeness (QED) is 0.808. The van der Waals surface area contributed by atoms with Crippen molar-refractivity contribution in [3.63, 3.8) is 0 Å². The van der Waals surface area contributed by atoms with E-state index in [0.29, 0.717) is 5.70 Å². The van der Waals surface area contributed by atoms with Crippen LogP contribution in [0.5, 0.6) is 0 Å². The highest BCUT2D eigenvalue weighted by molar-refractivity contribution is 6.07. The van der Waals surface area contributed by atoms with Gasteiger partial charge in [-0.3, -0.25) is 9.59 Å². The molecule has 4 nitrogen and oxygen atoms in total. The summed E-state index contributed by atoms with van der Waals surface area (Å²) >= 11 is 0. The molecule has 0 unspecified atom stereocenters. The molecule has 0 aliphatic carbocycles. The largest absolute Gasteiger partial charge is 0.339 e. The average molecular weight is 272 g/mol. The minimum Gasteiger partial charge on any atom is -0.339 e. The molecule has 0 spiro atoms. The highest BCUT2D eigenvalue weighted by atomic mass is 16.2. The number of piperazine rings is 1. The Morgan fingerprint density at radius 2 is 1.75 bits per heavy atom. The molecule has 20 heavy (non-hydrogen) atoms. The van der Waals surface area contributed by atoms with Crippen molar-refractivity contribution in [1.82, 2.24) is 10.6 Å². The summed E-state index contributed by atoms with van der Waals surface area (Å²) in [7, 11) is 0. The van der Waals surface area contributed by atoms with Crippen LogP contribution in [0.4, 0.5) is 0 Å². The molecule has 0 radical (unpaired) electrons. The molecule has 1 aliphatic rings. The van der Waals surface area contributed by atoms with Crippen LogP contribution in [0.3, 0.4) is 0 Å². The Morgan fingerprint density at radius 1 is 1.15 bits per heavy atom. The topological polar surface area (TPSA) is 58.2 Å². The monoisotopic (exact) mass is 272 g/mol. The van der Waals surface area contributed by atoms with E-state index < -0.39 is 6.04 Å². The van der Waals surface area contributed by atoms with Crippen LogP contribution in [0, 0.1) is 19.8 Å². The molecule has 106 valence electrons. The highest BCUT2D eigenvalue weighted by Gasteiger charge is 2.31. The van der Waals surface area contributed by atoms with Gasteiger partial charge in [-0.15, -0.1) is 0 Å². The number of hydrogen-bond donors (Lipinski definition) is 2. The fourth-order valence-electron chi connectivity index (χ4n) is 2.32. The van der Waals surface area contributed by atoms with E-state index in [2.05, 4.69) is 10.6 Å². The fraction of sp³-hybridized carbons (Fsp3) is 0.375. The molecule has 2 amide bonds. The number of carbonyl (C=O) groups excluding carboxylic acids is 2. The molecule has 1 aliphatic heterocycles. The maximum Gasteiger partial charge on any atom is 0.268 e. The molecule has 1 aromatic carbocycles. The first kappa shape index (κ1) is 14.3. The van der Waals surface area contributed by atoms with E-state index in [1.165, 1.54) is 0 Å². The van der Waals surface area contributed by atoms with E-state index in [1.54, 1.807) is 6.08 Å². The van der Waals surface area contributed by atoms with Gasteiger partial charge < -0.3 is 10.6 Å². The second-order valence-electron chi connectivity index (χ2n) is 5.55. The number of aryl methyl sites for hydroxylation is 2. The summed E-state index contributed by atoms with van der Waals surface area (Å²) in [6.07, 6.45) is 1.74. The Morgan fingerprint density at radius 3 is 2.30 bits per heavy atom. The summed E-state index contributed by atoms with van der Waals surface area (Å²) in [5.41, 5.74) is 3.43. The van der Waals surface area contributed by atoms with E-state index >= 15 is 0 Å². The van der Waals surface area contributed by atoms with Gasteiger partial charge in [0, 0.05) is 0 Å². The summed E-state index contributed by atoms with van der Waals surface area (Å²) in [5.74, 6) is -0.316. The molecule has 4 heteroatoms. The molecule has 2 N–H and O–H groups in total. The standard InChI is InChI=1S/C16H20N2O2/c1-9(2)14-16(20)17-13(15(19)18-14)8-12-10(3)6-5-7-11(12)4/h5-9,14H,1-4H3,(H,17,20)(H,18,19)/b13-8-/t14-/m0/s1. The van der Waals surface area contributed by atoms with Crippen molar-refractivity contribution in [2.45, 2.75) is 33.7 Å². The fourth-order valence-corrected chi connectivity index (χ4v) is 2.32. The minimum atomic E-state index is -0.461. The summed E-state index contributed by atoms with van der Waals surface area (Å²) < 4.78 is 0. The van der Waals surface area contributed by atoms with Gasteiger partial charge in [0.1, 0.15) is 11.7 Å². The van der Waals surface area contributed by atoms with E-state index in [0.717, 1.165) is 16.7 Å². The third kappa shape index (κ3) is 2.74. The van der Waals surface area contributed by atoms with Crippen molar-refractivity contribution >= 4 is 17.9 Å². The number of amides is 2. The number of hydrogen-bond acceptors (Lipinski definition) is 2. The molecule has 2 rings (SSSR count). The van der Waals surface area contributed by atoms with Gasteiger partial charge in [0.15, 0.2) is 0 Å². The van der Waals surface area contributed by atoms with Crippen molar-refractivity contribution in [1.29, 1.82) is 0 Å². The Bertz CT molecular complexity index is 568. The average Bonchev–Trinajstić information content (AvgIpc) is 2.37. The van der Waals surface area contributed by atoms with Gasteiger partial charge in [0.2, 0.25) is 5.91 Å². The molecule has 0 aromatic heterocycles. The predicted octanol–water partition coefficient (Wildman–Crippen LogP) is 1.91. The SMILES string of the molecule is Cc1cccc(C)c1/C=C1\NC(=O)[C@H](C(C)C)NC1=O. The zero-order chi connectivity index (χ0) is 14.9. The normalized spacial score (nSPS) is 21.1. The van der Waals surface area contributed by atoms with Gasteiger partial charge in [-0.05, 0) is 42.5 Å². The summed E-state index contributed by atoms with van der Waals surface area (Å²) in [6.45, 7) is 7.78. The predicted molar refractivity (Wildman–Crippen MR) is 78.8 cm³/mol. The lowest BCUT2D eigenvalue weighted by molar-refractivity contribution is -0.132. The molecule has 1 aromatic rings. The Labute approximate surface area is 119 Å². The first-order valence-corrected chi connectivity index (χ1v) is 6.79. The van der Waals surface area contributed by atoms with Crippen LogP contribution in [-0.2, 0) is 9.59 Å². The Kier molecular flexibility index (Phi) is 3.93.